The third-order valence-electron chi connectivity index (χ3n) is 3.67. The Morgan fingerprint density at radius 2 is 1.73 bits per heavy atom. The van der Waals surface area contributed by atoms with E-state index < -0.39 is 16.2 Å². The molecule has 15 heavy (non-hydrogen) atoms. The van der Waals surface area contributed by atoms with Crippen molar-refractivity contribution in [3.05, 3.63) is 22.3 Å². The molecule has 0 aromatic heterocycles. The number of alkyl halides is 1. The van der Waals surface area contributed by atoms with E-state index in [1.54, 1.807) is 0 Å². The third kappa shape index (κ3) is 1.78. The summed E-state index contributed by atoms with van der Waals surface area (Å²) in [5, 5.41) is 9.28. The molecule has 0 saturated heterocycles. The van der Waals surface area contributed by atoms with Gasteiger partial charge in [-0.05, 0) is 45.8 Å². The van der Waals surface area contributed by atoms with Gasteiger partial charge in [-0.2, -0.15) is 0 Å². The van der Waals surface area contributed by atoms with Crippen LogP contribution in [0.3, 0.4) is 0 Å². The lowest BCUT2D eigenvalue weighted by atomic mass is 9.74. The second-order valence-electron chi connectivity index (χ2n) is 4.40. The smallest absolute Gasteiger partial charge is 0.312 e. The fraction of sp³-hybridized carbons (Fsp3) is 0.583. The fourth-order valence-electron chi connectivity index (χ4n) is 2.20. The molecular weight excluding hydrogens is 256 g/mol. The first-order chi connectivity index (χ1) is 6.71. The number of allylic oxidation sites excluding steroid dienone is 3. The number of aliphatic carboxylic acids is 1. The van der Waals surface area contributed by atoms with Crippen molar-refractivity contribution < 1.29 is 9.90 Å². The first kappa shape index (κ1) is 12.5. The van der Waals surface area contributed by atoms with Crippen LogP contribution in [0.1, 0.15) is 34.6 Å². The maximum atomic E-state index is 11.3. The number of carboxylic acids is 1. The zero-order valence-electron chi connectivity index (χ0n) is 9.81. The van der Waals surface area contributed by atoms with Crippen LogP contribution >= 0.6 is 15.9 Å². The average molecular weight is 273 g/mol. The quantitative estimate of drug-likeness (QED) is 0.742. The lowest BCUT2D eigenvalue weighted by molar-refractivity contribution is -0.141. The van der Waals surface area contributed by atoms with Gasteiger partial charge in [-0.15, -0.1) is 0 Å². The molecular formula is C12H17BrO2. The molecule has 0 radical (unpaired) electrons. The minimum absolute atomic E-state index is 0.466. The van der Waals surface area contributed by atoms with Crippen LogP contribution in [0.15, 0.2) is 22.3 Å². The van der Waals surface area contributed by atoms with E-state index in [1.807, 2.05) is 34.6 Å². The normalized spacial score (nSPS) is 32.3. The first-order valence-electron chi connectivity index (χ1n) is 4.98. The summed E-state index contributed by atoms with van der Waals surface area (Å²) >= 11 is 3.56. The van der Waals surface area contributed by atoms with Gasteiger partial charge in [0.2, 0.25) is 0 Å². The monoisotopic (exact) mass is 272 g/mol. The maximum absolute atomic E-state index is 11.3. The van der Waals surface area contributed by atoms with Gasteiger partial charge in [-0.1, -0.05) is 27.1 Å². The summed E-state index contributed by atoms with van der Waals surface area (Å²) in [6, 6.07) is 0. The lowest BCUT2D eigenvalue weighted by Gasteiger charge is -2.37. The Morgan fingerprint density at radius 1 is 1.27 bits per heavy atom. The zero-order chi connectivity index (χ0) is 12.0. The molecule has 3 heteroatoms. The Labute approximate surface area is 99.2 Å². The van der Waals surface area contributed by atoms with Crippen LogP contribution in [-0.4, -0.2) is 15.4 Å². The molecule has 2 atom stereocenters. The van der Waals surface area contributed by atoms with Gasteiger partial charge in [0.05, 0.1) is 10.2 Å². The van der Waals surface area contributed by atoms with Crippen LogP contribution in [0.5, 0.6) is 0 Å². The first-order valence-corrected chi connectivity index (χ1v) is 5.78. The van der Waals surface area contributed by atoms with Gasteiger partial charge in [0.1, 0.15) is 0 Å². The SMILES string of the molecule is CC1=C(C)C(C(=O)O)C(C)(Br)C(C)=C1C. The molecule has 0 aliphatic heterocycles. The van der Waals surface area contributed by atoms with E-state index in [4.69, 9.17) is 0 Å². The van der Waals surface area contributed by atoms with Crippen molar-refractivity contribution in [2.45, 2.75) is 38.9 Å². The summed E-state index contributed by atoms with van der Waals surface area (Å²) in [7, 11) is 0. The molecule has 1 aliphatic rings. The highest BCUT2D eigenvalue weighted by Gasteiger charge is 2.43. The molecule has 0 spiro atoms. The van der Waals surface area contributed by atoms with Crippen molar-refractivity contribution in [2.24, 2.45) is 5.92 Å². The van der Waals surface area contributed by atoms with Gasteiger partial charge in [0, 0.05) is 0 Å². The Kier molecular flexibility index (Phi) is 3.15. The van der Waals surface area contributed by atoms with Crippen molar-refractivity contribution in [1.82, 2.24) is 0 Å². The summed E-state index contributed by atoms with van der Waals surface area (Å²) in [6.45, 7) is 9.87. The second-order valence-corrected chi connectivity index (χ2v) is 6.05. The molecule has 1 aliphatic carbocycles. The zero-order valence-corrected chi connectivity index (χ0v) is 11.4. The van der Waals surface area contributed by atoms with Crippen molar-refractivity contribution in [1.29, 1.82) is 0 Å². The third-order valence-corrected chi connectivity index (χ3v) is 4.72. The van der Waals surface area contributed by atoms with E-state index >= 15 is 0 Å². The van der Waals surface area contributed by atoms with E-state index in [-0.39, 0.29) is 0 Å². The molecule has 0 heterocycles. The number of carbonyl (C=O) groups is 1. The minimum Gasteiger partial charge on any atom is -0.481 e. The second kappa shape index (κ2) is 3.78. The molecule has 84 valence electrons. The van der Waals surface area contributed by atoms with Gasteiger partial charge in [-0.25, -0.2) is 0 Å². The molecule has 0 aromatic rings. The molecule has 2 nitrogen and oxygen atoms in total. The van der Waals surface area contributed by atoms with Crippen LogP contribution in [0, 0.1) is 5.92 Å². The van der Waals surface area contributed by atoms with Gasteiger partial charge >= 0.3 is 5.97 Å². The van der Waals surface area contributed by atoms with Crippen LogP contribution in [0.4, 0.5) is 0 Å². The molecule has 1 N–H and O–H groups in total. The predicted molar refractivity (Wildman–Crippen MR) is 65.2 cm³/mol. The molecule has 0 fully saturated rings. The summed E-state index contributed by atoms with van der Waals surface area (Å²) < 4.78 is -0.466. The summed E-state index contributed by atoms with van der Waals surface area (Å²) in [4.78, 5) is 11.3. The van der Waals surface area contributed by atoms with Crippen molar-refractivity contribution >= 4 is 21.9 Å². The van der Waals surface area contributed by atoms with Gasteiger partial charge < -0.3 is 5.11 Å². The lowest BCUT2D eigenvalue weighted by Crippen LogP contribution is -2.39. The van der Waals surface area contributed by atoms with Crippen molar-refractivity contribution in [3.8, 4) is 0 Å². The fourth-order valence-corrected chi connectivity index (χ4v) is 3.04. The van der Waals surface area contributed by atoms with E-state index in [1.165, 1.54) is 5.57 Å². The van der Waals surface area contributed by atoms with Crippen molar-refractivity contribution in [3.63, 3.8) is 0 Å². The highest BCUT2D eigenvalue weighted by atomic mass is 79.9. The number of hydrogen-bond donors (Lipinski definition) is 1. The Balaban J connectivity index is 3.43. The van der Waals surface area contributed by atoms with Gasteiger partial charge in [0.25, 0.3) is 0 Å². The highest BCUT2D eigenvalue weighted by Crippen LogP contribution is 2.46. The molecule has 2 unspecified atom stereocenters. The number of carboxylic acid groups (broad SMARTS) is 1. The van der Waals surface area contributed by atoms with Crippen LogP contribution < -0.4 is 0 Å². The largest absolute Gasteiger partial charge is 0.481 e. The Hall–Kier alpha value is -0.570. The number of halogens is 1. The summed E-state index contributed by atoms with van der Waals surface area (Å²) in [6.07, 6.45) is 0. The minimum atomic E-state index is -0.766. The summed E-state index contributed by atoms with van der Waals surface area (Å²) in [5.41, 5.74) is 4.36. The van der Waals surface area contributed by atoms with Crippen LogP contribution in [0.25, 0.3) is 0 Å². The molecule has 0 aromatic carbocycles. The van der Waals surface area contributed by atoms with Gasteiger partial charge in [-0.3, -0.25) is 4.79 Å². The number of hydrogen-bond acceptors (Lipinski definition) is 1. The highest BCUT2D eigenvalue weighted by molar-refractivity contribution is 9.10. The van der Waals surface area contributed by atoms with Crippen LogP contribution in [0.2, 0.25) is 0 Å². The average Bonchev–Trinajstić information content (AvgIpc) is 2.11. The Bertz CT molecular complexity index is 375. The standard InChI is InChI=1S/C12H17BrO2/c1-6-7(2)9(4)12(5,13)10(8(6)3)11(14)15/h10H,1-5H3,(H,14,15). The molecule has 0 saturated carbocycles. The molecule has 0 bridgehead atoms. The van der Waals surface area contributed by atoms with E-state index in [2.05, 4.69) is 15.9 Å². The van der Waals surface area contributed by atoms with E-state index in [0.29, 0.717) is 0 Å². The number of rotatable bonds is 1. The van der Waals surface area contributed by atoms with E-state index in [0.717, 1.165) is 16.7 Å². The molecule has 1 rings (SSSR count). The van der Waals surface area contributed by atoms with Gasteiger partial charge in [0.15, 0.2) is 0 Å². The molecule has 0 amide bonds. The predicted octanol–water partition coefficient (Wildman–Crippen LogP) is 3.53. The van der Waals surface area contributed by atoms with E-state index in [9.17, 15) is 9.90 Å². The van der Waals surface area contributed by atoms with Crippen molar-refractivity contribution in [2.75, 3.05) is 0 Å². The topological polar surface area (TPSA) is 37.3 Å². The Morgan fingerprint density at radius 3 is 2.13 bits per heavy atom. The maximum Gasteiger partial charge on any atom is 0.312 e. The summed E-state index contributed by atoms with van der Waals surface area (Å²) in [5.74, 6) is -1.24. The van der Waals surface area contributed by atoms with Crippen LogP contribution in [-0.2, 0) is 4.79 Å².